The Kier molecular flexibility index (Phi) is 3.85. The first kappa shape index (κ1) is 11.2. The van der Waals surface area contributed by atoms with Gasteiger partial charge in [0.05, 0.1) is 0 Å². The van der Waals surface area contributed by atoms with E-state index in [1.165, 1.54) is 12.1 Å². The molecule has 0 amide bonds. The molecule has 0 saturated heterocycles. The van der Waals surface area contributed by atoms with Gasteiger partial charge in [-0.05, 0) is 24.6 Å². The first-order valence-electron chi connectivity index (χ1n) is 4.37. The number of ether oxygens (including phenoxy) is 1. The number of halogens is 1. The SMILES string of the molecule is CC(=CC(=O)O)COc1ccccc1F. The first-order chi connectivity index (χ1) is 7.09. The van der Waals surface area contributed by atoms with Gasteiger partial charge in [-0.3, -0.25) is 0 Å². The Hall–Kier alpha value is -1.84. The summed E-state index contributed by atoms with van der Waals surface area (Å²) in [4.78, 5) is 10.3. The van der Waals surface area contributed by atoms with Crippen LogP contribution in [-0.2, 0) is 4.79 Å². The van der Waals surface area contributed by atoms with E-state index in [0.29, 0.717) is 5.57 Å². The van der Waals surface area contributed by atoms with Crippen LogP contribution in [0.5, 0.6) is 5.75 Å². The molecule has 0 heterocycles. The van der Waals surface area contributed by atoms with Crippen LogP contribution >= 0.6 is 0 Å². The highest BCUT2D eigenvalue weighted by atomic mass is 19.1. The van der Waals surface area contributed by atoms with Gasteiger partial charge in [0.25, 0.3) is 0 Å². The molecule has 0 radical (unpaired) electrons. The highest BCUT2D eigenvalue weighted by molar-refractivity contribution is 5.80. The molecular weight excluding hydrogens is 199 g/mol. The van der Waals surface area contributed by atoms with Gasteiger partial charge in [-0.1, -0.05) is 12.1 Å². The maximum absolute atomic E-state index is 13.0. The monoisotopic (exact) mass is 210 g/mol. The van der Waals surface area contributed by atoms with Crippen LogP contribution in [-0.4, -0.2) is 17.7 Å². The number of aliphatic carboxylic acids is 1. The standard InChI is InChI=1S/C11H11FO3/c1-8(6-11(13)14)7-15-10-5-3-2-4-9(10)12/h2-6H,7H2,1H3,(H,13,14). The third kappa shape index (κ3) is 3.81. The van der Waals surface area contributed by atoms with Gasteiger partial charge in [0.1, 0.15) is 6.61 Å². The fourth-order valence-electron chi connectivity index (χ4n) is 1.01. The lowest BCUT2D eigenvalue weighted by Gasteiger charge is -2.06. The summed E-state index contributed by atoms with van der Waals surface area (Å²) in [5.41, 5.74) is 0.519. The predicted molar refractivity (Wildman–Crippen MR) is 53.3 cm³/mol. The molecule has 3 nitrogen and oxygen atoms in total. The van der Waals surface area contributed by atoms with Crippen molar-refractivity contribution >= 4 is 5.97 Å². The first-order valence-corrected chi connectivity index (χ1v) is 4.37. The molecule has 0 atom stereocenters. The molecule has 15 heavy (non-hydrogen) atoms. The minimum atomic E-state index is -1.04. The van der Waals surface area contributed by atoms with Gasteiger partial charge in [-0.15, -0.1) is 0 Å². The topological polar surface area (TPSA) is 46.5 Å². The smallest absolute Gasteiger partial charge is 0.328 e. The number of hydrogen-bond acceptors (Lipinski definition) is 2. The lowest BCUT2D eigenvalue weighted by atomic mass is 10.3. The molecule has 1 N–H and O–H groups in total. The maximum Gasteiger partial charge on any atom is 0.328 e. The molecule has 0 unspecified atom stereocenters. The molecule has 0 bridgehead atoms. The van der Waals surface area contributed by atoms with E-state index in [0.717, 1.165) is 6.08 Å². The second-order valence-electron chi connectivity index (χ2n) is 3.05. The second-order valence-corrected chi connectivity index (χ2v) is 3.05. The van der Waals surface area contributed by atoms with E-state index in [2.05, 4.69) is 0 Å². The van der Waals surface area contributed by atoms with Crippen LogP contribution in [0.2, 0.25) is 0 Å². The van der Waals surface area contributed by atoms with Crippen LogP contribution in [0.15, 0.2) is 35.9 Å². The molecule has 0 spiro atoms. The summed E-state index contributed by atoms with van der Waals surface area (Å²) in [6.45, 7) is 1.67. The number of para-hydroxylation sites is 1. The van der Waals surface area contributed by atoms with Crippen molar-refractivity contribution in [2.75, 3.05) is 6.61 Å². The molecule has 80 valence electrons. The van der Waals surface area contributed by atoms with Crippen LogP contribution < -0.4 is 4.74 Å². The van der Waals surface area contributed by atoms with Crippen molar-refractivity contribution in [2.24, 2.45) is 0 Å². The van der Waals surface area contributed by atoms with Gasteiger partial charge in [-0.25, -0.2) is 9.18 Å². The summed E-state index contributed by atoms with van der Waals surface area (Å²) in [6.07, 6.45) is 1.03. The molecule has 0 fully saturated rings. The average Bonchev–Trinajstić information content (AvgIpc) is 2.15. The molecule has 0 aliphatic heterocycles. The third-order valence-corrected chi connectivity index (χ3v) is 1.66. The Balaban J connectivity index is 2.58. The van der Waals surface area contributed by atoms with E-state index < -0.39 is 11.8 Å². The van der Waals surface area contributed by atoms with E-state index in [-0.39, 0.29) is 12.4 Å². The Labute approximate surface area is 86.8 Å². The zero-order valence-corrected chi connectivity index (χ0v) is 8.24. The lowest BCUT2D eigenvalue weighted by molar-refractivity contribution is -0.131. The fraction of sp³-hybridized carbons (Fsp3) is 0.182. The average molecular weight is 210 g/mol. The van der Waals surface area contributed by atoms with Crippen molar-refractivity contribution in [3.63, 3.8) is 0 Å². The van der Waals surface area contributed by atoms with Gasteiger partial charge >= 0.3 is 5.97 Å². The highest BCUT2D eigenvalue weighted by Gasteiger charge is 2.01. The van der Waals surface area contributed by atoms with E-state index in [4.69, 9.17) is 9.84 Å². The molecule has 4 heteroatoms. The number of hydrogen-bond donors (Lipinski definition) is 1. The van der Waals surface area contributed by atoms with Gasteiger partial charge < -0.3 is 9.84 Å². The van der Waals surface area contributed by atoms with Crippen molar-refractivity contribution < 1.29 is 19.0 Å². The second kappa shape index (κ2) is 5.14. The Morgan fingerprint density at radius 1 is 1.53 bits per heavy atom. The molecule has 0 saturated carbocycles. The molecule has 1 aromatic carbocycles. The minimum Gasteiger partial charge on any atom is -0.486 e. The van der Waals surface area contributed by atoms with Crippen molar-refractivity contribution in [1.82, 2.24) is 0 Å². The van der Waals surface area contributed by atoms with Gasteiger partial charge in [0.2, 0.25) is 0 Å². The quantitative estimate of drug-likeness (QED) is 0.775. The van der Waals surface area contributed by atoms with Crippen molar-refractivity contribution in [1.29, 1.82) is 0 Å². The van der Waals surface area contributed by atoms with Crippen molar-refractivity contribution in [3.8, 4) is 5.75 Å². The van der Waals surface area contributed by atoms with Crippen LogP contribution in [0, 0.1) is 5.82 Å². The lowest BCUT2D eigenvalue weighted by Crippen LogP contribution is -2.02. The normalized spacial score (nSPS) is 11.2. The van der Waals surface area contributed by atoms with E-state index in [9.17, 15) is 9.18 Å². The van der Waals surface area contributed by atoms with Crippen molar-refractivity contribution in [3.05, 3.63) is 41.7 Å². The molecule has 0 aliphatic carbocycles. The molecular formula is C11H11FO3. The Morgan fingerprint density at radius 2 is 2.20 bits per heavy atom. The van der Waals surface area contributed by atoms with Crippen LogP contribution in [0.25, 0.3) is 0 Å². The van der Waals surface area contributed by atoms with Crippen LogP contribution in [0.3, 0.4) is 0 Å². The van der Waals surface area contributed by atoms with Gasteiger partial charge in [0.15, 0.2) is 11.6 Å². The number of carbonyl (C=O) groups is 1. The highest BCUT2D eigenvalue weighted by Crippen LogP contribution is 2.15. The molecule has 1 rings (SSSR count). The van der Waals surface area contributed by atoms with E-state index >= 15 is 0 Å². The van der Waals surface area contributed by atoms with Crippen molar-refractivity contribution in [2.45, 2.75) is 6.92 Å². The third-order valence-electron chi connectivity index (χ3n) is 1.66. The summed E-state index contributed by atoms with van der Waals surface area (Å²) in [7, 11) is 0. The largest absolute Gasteiger partial charge is 0.486 e. The Morgan fingerprint density at radius 3 is 2.80 bits per heavy atom. The summed E-state index contributed by atoms with van der Waals surface area (Å²) >= 11 is 0. The van der Waals surface area contributed by atoms with Crippen LogP contribution in [0.4, 0.5) is 4.39 Å². The Bertz CT molecular complexity index is 385. The predicted octanol–water partition coefficient (Wildman–Crippen LogP) is 2.24. The number of carboxylic acids is 1. The summed E-state index contributed by atoms with van der Waals surface area (Å²) in [5.74, 6) is -1.37. The van der Waals surface area contributed by atoms with Crippen LogP contribution in [0.1, 0.15) is 6.92 Å². The summed E-state index contributed by atoms with van der Waals surface area (Å²) in [6, 6.07) is 5.98. The van der Waals surface area contributed by atoms with E-state index in [1.54, 1.807) is 19.1 Å². The maximum atomic E-state index is 13.0. The van der Waals surface area contributed by atoms with E-state index in [1.807, 2.05) is 0 Å². The zero-order valence-electron chi connectivity index (χ0n) is 8.24. The van der Waals surface area contributed by atoms with Gasteiger partial charge in [-0.2, -0.15) is 0 Å². The summed E-state index contributed by atoms with van der Waals surface area (Å²) < 4.78 is 18.1. The zero-order chi connectivity index (χ0) is 11.3. The van der Waals surface area contributed by atoms with Gasteiger partial charge in [0, 0.05) is 6.08 Å². The number of carboxylic acid groups (broad SMARTS) is 1. The summed E-state index contributed by atoms with van der Waals surface area (Å²) in [5, 5.41) is 8.43. The fourth-order valence-corrected chi connectivity index (χ4v) is 1.01. The molecule has 0 aromatic heterocycles. The number of rotatable bonds is 4. The molecule has 0 aliphatic rings. The minimum absolute atomic E-state index is 0.0627. The number of benzene rings is 1. The molecule has 1 aromatic rings.